The van der Waals surface area contributed by atoms with Gasteiger partial charge in [-0.3, -0.25) is 4.79 Å². The van der Waals surface area contributed by atoms with Crippen LogP contribution in [-0.2, 0) is 7.05 Å². The van der Waals surface area contributed by atoms with Gasteiger partial charge < -0.3 is 4.90 Å². The predicted octanol–water partition coefficient (Wildman–Crippen LogP) is 5.58. The SMILES string of the molecule is C=C(c1ccc(SC)cc1Cl)C(C)N(C(=O)c1c(C(F)F)nn(C)c1F)C1CC1. The summed E-state index contributed by atoms with van der Waals surface area (Å²) in [7, 11) is 1.19. The highest BCUT2D eigenvalue weighted by atomic mass is 35.5. The lowest BCUT2D eigenvalue weighted by Crippen LogP contribution is -2.41. The predicted molar refractivity (Wildman–Crippen MR) is 109 cm³/mol. The van der Waals surface area contributed by atoms with Gasteiger partial charge in [0.25, 0.3) is 12.3 Å². The second-order valence-corrected chi connectivity index (χ2v) is 8.25. The normalized spacial score (nSPS) is 14.9. The van der Waals surface area contributed by atoms with Gasteiger partial charge in [0.15, 0.2) is 0 Å². The highest BCUT2D eigenvalue weighted by Gasteiger charge is 2.41. The summed E-state index contributed by atoms with van der Waals surface area (Å²) in [5.74, 6) is -1.88. The number of carbonyl (C=O) groups excluding carboxylic acids is 1. The highest BCUT2D eigenvalue weighted by molar-refractivity contribution is 7.98. The number of hydrogen-bond acceptors (Lipinski definition) is 3. The molecule has 9 heteroatoms. The molecule has 0 bridgehead atoms. The lowest BCUT2D eigenvalue weighted by molar-refractivity contribution is 0.0698. The Labute approximate surface area is 176 Å². The summed E-state index contributed by atoms with van der Waals surface area (Å²) >= 11 is 7.93. The average Bonchev–Trinajstić information content (AvgIpc) is 3.46. The van der Waals surface area contributed by atoms with Gasteiger partial charge in [-0.15, -0.1) is 11.8 Å². The van der Waals surface area contributed by atoms with Crippen LogP contribution in [0.25, 0.3) is 5.57 Å². The van der Waals surface area contributed by atoms with E-state index in [-0.39, 0.29) is 6.04 Å². The van der Waals surface area contributed by atoms with Crippen molar-refractivity contribution in [2.75, 3.05) is 6.26 Å². The first-order valence-electron chi connectivity index (χ1n) is 9.03. The molecule has 1 heterocycles. The molecule has 0 N–H and O–H groups in total. The van der Waals surface area contributed by atoms with Gasteiger partial charge in [-0.2, -0.15) is 9.49 Å². The van der Waals surface area contributed by atoms with Gasteiger partial charge in [0.05, 0.1) is 6.04 Å². The number of aryl methyl sites for hydroxylation is 1. The molecule has 1 aliphatic rings. The first-order chi connectivity index (χ1) is 13.7. The lowest BCUT2D eigenvalue weighted by atomic mass is 9.99. The van der Waals surface area contributed by atoms with Gasteiger partial charge in [-0.25, -0.2) is 13.5 Å². The molecule has 29 heavy (non-hydrogen) atoms. The molecule has 0 radical (unpaired) electrons. The van der Waals surface area contributed by atoms with E-state index in [1.54, 1.807) is 24.8 Å². The van der Waals surface area contributed by atoms with Gasteiger partial charge >= 0.3 is 0 Å². The molecule has 1 fully saturated rings. The van der Waals surface area contributed by atoms with Crippen LogP contribution < -0.4 is 0 Å². The zero-order valence-corrected chi connectivity index (χ0v) is 17.8. The third-order valence-corrected chi connectivity index (χ3v) is 6.08. The molecule has 1 aromatic carbocycles. The molecule has 156 valence electrons. The summed E-state index contributed by atoms with van der Waals surface area (Å²) in [5.41, 5.74) is -0.305. The van der Waals surface area contributed by atoms with E-state index >= 15 is 0 Å². The molecule has 1 unspecified atom stereocenters. The van der Waals surface area contributed by atoms with E-state index in [4.69, 9.17) is 11.6 Å². The van der Waals surface area contributed by atoms with Crippen molar-refractivity contribution in [2.24, 2.45) is 7.05 Å². The van der Waals surface area contributed by atoms with Crippen LogP contribution in [0.15, 0.2) is 29.7 Å². The van der Waals surface area contributed by atoms with Crippen LogP contribution in [0.1, 0.15) is 47.8 Å². The molecule has 1 aliphatic carbocycles. The number of aromatic nitrogens is 2. The van der Waals surface area contributed by atoms with Gasteiger partial charge in [0, 0.05) is 23.0 Å². The van der Waals surface area contributed by atoms with Crippen LogP contribution in [-0.4, -0.2) is 38.9 Å². The second-order valence-electron chi connectivity index (χ2n) is 6.97. The number of amides is 1. The Morgan fingerprint density at radius 1 is 1.41 bits per heavy atom. The molecule has 1 atom stereocenters. The first-order valence-corrected chi connectivity index (χ1v) is 10.6. The third kappa shape index (κ3) is 4.19. The molecule has 3 rings (SSSR count). The van der Waals surface area contributed by atoms with Crippen molar-refractivity contribution in [3.05, 3.63) is 52.6 Å². The van der Waals surface area contributed by atoms with Crippen molar-refractivity contribution in [1.82, 2.24) is 14.7 Å². The van der Waals surface area contributed by atoms with E-state index < -0.39 is 35.6 Å². The fourth-order valence-electron chi connectivity index (χ4n) is 3.29. The maximum atomic E-state index is 14.5. The zero-order valence-electron chi connectivity index (χ0n) is 16.3. The quantitative estimate of drug-likeness (QED) is 0.524. The van der Waals surface area contributed by atoms with Crippen LogP contribution >= 0.6 is 23.4 Å². The zero-order chi connectivity index (χ0) is 21.5. The molecule has 2 aromatic rings. The van der Waals surface area contributed by atoms with Crippen LogP contribution in [0.5, 0.6) is 0 Å². The Morgan fingerprint density at radius 2 is 2.07 bits per heavy atom. The summed E-state index contributed by atoms with van der Waals surface area (Å²) in [4.78, 5) is 15.6. The monoisotopic (exact) mass is 443 g/mol. The van der Waals surface area contributed by atoms with Crippen molar-refractivity contribution in [3.8, 4) is 0 Å². The molecular formula is C20H21ClF3N3OS. The largest absolute Gasteiger partial charge is 0.329 e. The minimum atomic E-state index is -3.06. The Kier molecular flexibility index (Phi) is 6.33. The highest BCUT2D eigenvalue weighted by Crippen LogP contribution is 2.37. The average molecular weight is 444 g/mol. The second kappa shape index (κ2) is 8.44. The van der Waals surface area contributed by atoms with Gasteiger partial charge in [-0.05, 0) is 49.3 Å². The van der Waals surface area contributed by atoms with E-state index in [9.17, 15) is 18.0 Å². The molecule has 1 saturated carbocycles. The lowest BCUT2D eigenvalue weighted by Gasteiger charge is -2.31. The Balaban J connectivity index is 1.97. The maximum Gasteiger partial charge on any atom is 0.283 e. The number of rotatable bonds is 7. The van der Waals surface area contributed by atoms with Crippen molar-refractivity contribution >= 4 is 34.8 Å². The number of hydrogen-bond donors (Lipinski definition) is 0. The van der Waals surface area contributed by atoms with Crippen LogP contribution in [0.4, 0.5) is 13.2 Å². The van der Waals surface area contributed by atoms with Crippen molar-refractivity contribution in [3.63, 3.8) is 0 Å². The molecule has 0 saturated heterocycles. The number of thioether (sulfide) groups is 1. The van der Waals surface area contributed by atoms with Crippen molar-refractivity contribution < 1.29 is 18.0 Å². The summed E-state index contributed by atoms with van der Waals surface area (Å²) in [6.45, 7) is 5.83. The van der Waals surface area contributed by atoms with E-state index in [1.165, 1.54) is 11.9 Å². The Morgan fingerprint density at radius 3 is 2.59 bits per heavy atom. The van der Waals surface area contributed by atoms with Crippen LogP contribution in [0.3, 0.4) is 0 Å². The summed E-state index contributed by atoms with van der Waals surface area (Å²) in [5, 5.41) is 3.97. The van der Waals surface area contributed by atoms with Crippen molar-refractivity contribution in [2.45, 2.75) is 43.2 Å². The first kappa shape index (κ1) is 21.8. The maximum absolute atomic E-state index is 14.5. The number of alkyl halides is 2. The topological polar surface area (TPSA) is 38.1 Å². The number of carbonyl (C=O) groups is 1. The molecule has 0 spiro atoms. The van der Waals surface area contributed by atoms with Gasteiger partial charge in [0.2, 0.25) is 5.95 Å². The molecular weight excluding hydrogens is 423 g/mol. The standard InChI is InChI=1S/C20H21ClF3N3OS/c1-10(14-8-7-13(29-4)9-15(14)21)11(2)27(12-5-6-12)20(28)16-17(18(22)23)25-26(3)19(16)24/h7-9,11-12,18H,1,5-6H2,2-4H3. The smallest absolute Gasteiger partial charge is 0.283 e. The Hall–Kier alpha value is -1.93. The van der Waals surface area contributed by atoms with Gasteiger partial charge in [0.1, 0.15) is 11.3 Å². The number of nitrogens with zero attached hydrogens (tertiary/aromatic N) is 3. The van der Waals surface area contributed by atoms with Crippen LogP contribution in [0.2, 0.25) is 5.02 Å². The molecule has 4 nitrogen and oxygen atoms in total. The third-order valence-electron chi connectivity index (χ3n) is 5.04. The van der Waals surface area contributed by atoms with Crippen LogP contribution in [0, 0.1) is 5.95 Å². The molecule has 1 amide bonds. The van der Waals surface area contributed by atoms with E-state index in [2.05, 4.69) is 11.7 Å². The van der Waals surface area contributed by atoms with Crippen molar-refractivity contribution in [1.29, 1.82) is 0 Å². The minimum Gasteiger partial charge on any atom is -0.329 e. The van der Waals surface area contributed by atoms with E-state index in [0.717, 1.165) is 4.90 Å². The van der Waals surface area contributed by atoms with E-state index in [0.29, 0.717) is 33.7 Å². The van der Waals surface area contributed by atoms with Gasteiger partial charge in [-0.1, -0.05) is 24.2 Å². The summed E-state index contributed by atoms with van der Waals surface area (Å²) in [6, 6.07) is 4.79. The minimum absolute atomic E-state index is 0.163. The Bertz CT molecular complexity index is 959. The van der Waals surface area contributed by atoms with E-state index in [1.807, 2.05) is 18.4 Å². The fraction of sp³-hybridized carbons (Fsp3) is 0.400. The summed E-state index contributed by atoms with van der Waals surface area (Å²) in [6.07, 6.45) is 0.306. The number of benzene rings is 1. The number of halogens is 4. The summed E-state index contributed by atoms with van der Waals surface area (Å²) < 4.78 is 41.9. The fourth-order valence-corrected chi connectivity index (χ4v) is 4.10. The molecule has 0 aliphatic heterocycles. The molecule has 1 aromatic heterocycles.